The number of rotatable bonds is 7. The van der Waals surface area contributed by atoms with E-state index >= 15 is 0 Å². The molecule has 1 fully saturated rings. The fraction of sp³-hybridized carbons (Fsp3) is 0.300. The molecule has 8 heteroatoms. The van der Waals surface area contributed by atoms with Gasteiger partial charge in [0.1, 0.15) is 11.4 Å². The summed E-state index contributed by atoms with van der Waals surface area (Å²) in [6, 6.07) is 13.5. The number of carbonyl (C=O) groups excluding carboxylic acids is 1. The number of nitro groups is 1. The summed E-state index contributed by atoms with van der Waals surface area (Å²) in [6.07, 6.45) is 2.11. The predicted molar refractivity (Wildman–Crippen MR) is 107 cm³/mol. The maximum Gasteiger partial charge on any atom is 0.294 e. The lowest BCUT2D eigenvalue weighted by atomic mass is 10.1. The van der Waals surface area contributed by atoms with Gasteiger partial charge < -0.3 is 9.64 Å². The van der Waals surface area contributed by atoms with Gasteiger partial charge in [-0.1, -0.05) is 12.1 Å². The average molecular weight is 382 g/mol. The summed E-state index contributed by atoms with van der Waals surface area (Å²) in [5.74, 6) is 0.615. The number of nitro benzene ring substituents is 1. The molecule has 0 atom stereocenters. The molecule has 0 aliphatic carbocycles. The van der Waals surface area contributed by atoms with Crippen LogP contribution in [0.2, 0.25) is 0 Å². The molecule has 28 heavy (non-hydrogen) atoms. The molecular weight excluding hydrogens is 360 g/mol. The monoisotopic (exact) mass is 382 g/mol. The largest absolute Gasteiger partial charge is 0.484 e. The third-order valence-corrected chi connectivity index (χ3v) is 4.54. The van der Waals surface area contributed by atoms with Crippen molar-refractivity contribution in [3.8, 4) is 5.75 Å². The number of nitrogens with one attached hydrogen (secondary N) is 1. The van der Waals surface area contributed by atoms with Crippen molar-refractivity contribution in [2.75, 3.05) is 25.1 Å². The molecule has 3 rings (SSSR count). The zero-order valence-corrected chi connectivity index (χ0v) is 15.6. The number of anilines is 1. The van der Waals surface area contributed by atoms with Gasteiger partial charge in [-0.2, -0.15) is 5.10 Å². The molecule has 1 aliphatic heterocycles. The van der Waals surface area contributed by atoms with Crippen LogP contribution in [0.5, 0.6) is 5.75 Å². The molecule has 1 N–H and O–H groups in total. The molecule has 146 valence electrons. The number of para-hydroxylation sites is 2. The zero-order valence-electron chi connectivity index (χ0n) is 15.6. The van der Waals surface area contributed by atoms with Crippen LogP contribution < -0.4 is 10.2 Å². The molecule has 0 unspecified atom stereocenters. The van der Waals surface area contributed by atoms with Gasteiger partial charge in [-0.15, -0.1) is 0 Å². The Bertz CT molecular complexity index is 874. The number of hydrogen-bond acceptors (Lipinski definition) is 6. The summed E-state index contributed by atoms with van der Waals surface area (Å²) in [5.41, 5.74) is 4.54. The fourth-order valence-electron chi connectivity index (χ4n) is 2.93. The first-order valence-corrected chi connectivity index (χ1v) is 9.09. The first-order valence-electron chi connectivity index (χ1n) is 9.09. The lowest BCUT2D eigenvalue weighted by molar-refractivity contribution is -0.384. The van der Waals surface area contributed by atoms with Gasteiger partial charge in [-0.05, 0) is 55.7 Å². The van der Waals surface area contributed by atoms with Crippen molar-refractivity contribution in [3.05, 3.63) is 64.2 Å². The Kier molecular flexibility index (Phi) is 6.21. The van der Waals surface area contributed by atoms with Crippen LogP contribution in [0.15, 0.2) is 53.6 Å². The molecule has 1 saturated heterocycles. The quantitative estimate of drug-likeness (QED) is 0.449. The minimum absolute atomic E-state index is 0.00738. The molecule has 2 aromatic rings. The summed E-state index contributed by atoms with van der Waals surface area (Å²) in [5, 5.41) is 15.3. The van der Waals surface area contributed by atoms with Crippen molar-refractivity contribution < 1.29 is 14.5 Å². The summed E-state index contributed by atoms with van der Waals surface area (Å²) < 4.78 is 5.56. The van der Waals surface area contributed by atoms with Crippen molar-refractivity contribution >= 4 is 23.0 Å². The van der Waals surface area contributed by atoms with Crippen LogP contribution in [-0.2, 0) is 4.79 Å². The highest BCUT2D eigenvalue weighted by atomic mass is 16.6. The number of likely N-dealkylation sites (tertiary alicyclic amines) is 1. The van der Waals surface area contributed by atoms with Gasteiger partial charge in [0.15, 0.2) is 6.61 Å². The summed E-state index contributed by atoms with van der Waals surface area (Å²) in [6.45, 7) is 3.45. The third-order valence-electron chi connectivity index (χ3n) is 4.54. The molecule has 0 spiro atoms. The van der Waals surface area contributed by atoms with Gasteiger partial charge in [0.05, 0.1) is 10.6 Å². The molecule has 1 heterocycles. The van der Waals surface area contributed by atoms with Crippen molar-refractivity contribution in [2.24, 2.45) is 5.10 Å². The third kappa shape index (κ3) is 4.85. The van der Waals surface area contributed by atoms with E-state index in [-0.39, 0.29) is 18.2 Å². The van der Waals surface area contributed by atoms with E-state index in [0.717, 1.165) is 31.5 Å². The fourth-order valence-corrected chi connectivity index (χ4v) is 2.93. The van der Waals surface area contributed by atoms with Crippen molar-refractivity contribution in [1.82, 2.24) is 4.90 Å². The summed E-state index contributed by atoms with van der Waals surface area (Å²) in [7, 11) is 0. The summed E-state index contributed by atoms with van der Waals surface area (Å²) >= 11 is 0. The van der Waals surface area contributed by atoms with Crippen molar-refractivity contribution in [1.29, 1.82) is 0 Å². The Labute approximate surface area is 163 Å². The molecule has 0 radical (unpaired) electrons. The molecule has 0 bridgehead atoms. The highest BCUT2D eigenvalue weighted by Crippen LogP contribution is 2.23. The molecule has 8 nitrogen and oxygen atoms in total. The van der Waals surface area contributed by atoms with E-state index in [1.54, 1.807) is 37.3 Å². The molecular formula is C20H22N4O4. The van der Waals surface area contributed by atoms with E-state index in [2.05, 4.69) is 10.5 Å². The number of carbonyl (C=O) groups is 1. The normalized spacial score (nSPS) is 14.0. The van der Waals surface area contributed by atoms with Crippen LogP contribution in [0, 0.1) is 10.1 Å². The zero-order chi connectivity index (χ0) is 19.9. The lowest BCUT2D eigenvalue weighted by Crippen LogP contribution is -2.32. The molecule has 1 aliphatic rings. The molecule has 0 saturated carbocycles. The maximum atomic E-state index is 12.0. The number of benzene rings is 2. The smallest absolute Gasteiger partial charge is 0.294 e. The van der Waals surface area contributed by atoms with E-state index < -0.39 is 4.92 Å². The van der Waals surface area contributed by atoms with E-state index in [1.165, 1.54) is 6.07 Å². The van der Waals surface area contributed by atoms with Gasteiger partial charge in [0.25, 0.3) is 11.6 Å². The standard InChI is InChI=1S/C20H22N4O4/c1-15(21-22-18-6-2-3-7-19(18)24(26)27)16-8-10-17(11-9-16)28-14-20(25)23-12-4-5-13-23/h2-3,6-11,22H,4-5,12-14H2,1H3/b21-15-. The second kappa shape index (κ2) is 8.98. The minimum Gasteiger partial charge on any atom is -0.484 e. The van der Waals surface area contributed by atoms with Crippen LogP contribution in [0.25, 0.3) is 0 Å². The van der Waals surface area contributed by atoms with E-state index in [9.17, 15) is 14.9 Å². The van der Waals surface area contributed by atoms with E-state index in [0.29, 0.717) is 17.1 Å². The Hall–Kier alpha value is -3.42. The van der Waals surface area contributed by atoms with E-state index in [4.69, 9.17) is 4.74 Å². The Morgan fingerprint density at radius 2 is 1.86 bits per heavy atom. The summed E-state index contributed by atoms with van der Waals surface area (Å²) in [4.78, 5) is 24.4. The maximum absolute atomic E-state index is 12.0. The molecule has 1 amide bonds. The van der Waals surface area contributed by atoms with Crippen molar-refractivity contribution in [2.45, 2.75) is 19.8 Å². The molecule has 0 aromatic heterocycles. The minimum atomic E-state index is -0.456. The second-order valence-corrected chi connectivity index (χ2v) is 6.48. The number of ether oxygens (including phenoxy) is 1. The van der Waals surface area contributed by atoms with Crippen LogP contribution >= 0.6 is 0 Å². The highest BCUT2D eigenvalue weighted by Gasteiger charge is 2.18. The number of hydrazone groups is 1. The van der Waals surface area contributed by atoms with Crippen LogP contribution in [0.3, 0.4) is 0 Å². The molecule has 2 aromatic carbocycles. The number of hydrogen-bond donors (Lipinski definition) is 1. The topological polar surface area (TPSA) is 97.1 Å². The van der Waals surface area contributed by atoms with Gasteiger partial charge in [0.2, 0.25) is 0 Å². The number of amides is 1. The van der Waals surface area contributed by atoms with Crippen molar-refractivity contribution in [3.63, 3.8) is 0 Å². The average Bonchev–Trinajstić information content (AvgIpc) is 3.26. The first-order chi connectivity index (χ1) is 13.5. The SMILES string of the molecule is C/C(=N/Nc1ccccc1[N+](=O)[O-])c1ccc(OCC(=O)N2CCCC2)cc1. The van der Waals surface area contributed by atoms with E-state index in [1.807, 2.05) is 17.0 Å². The Balaban J connectivity index is 1.59. The highest BCUT2D eigenvalue weighted by molar-refractivity contribution is 5.99. The second-order valence-electron chi connectivity index (χ2n) is 6.48. The van der Waals surface area contributed by atoms with Crippen LogP contribution in [0.1, 0.15) is 25.3 Å². The first kappa shape index (κ1) is 19.3. The van der Waals surface area contributed by atoms with Gasteiger partial charge >= 0.3 is 0 Å². The van der Waals surface area contributed by atoms with Gasteiger partial charge in [-0.25, -0.2) is 0 Å². The lowest BCUT2D eigenvalue weighted by Gasteiger charge is -2.15. The van der Waals surface area contributed by atoms with Gasteiger partial charge in [0, 0.05) is 19.2 Å². The van der Waals surface area contributed by atoms with Crippen LogP contribution in [0.4, 0.5) is 11.4 Å². The predicted octanol–water partition coefficient (Wildman–Crippen LogP) is 3.43. The Morgan fingerprint density at radius 3 is 2.54 bits per heavy atom. The number of nitrogens with zero attached hydrogens (tertiary/aromatic N) is 3. The van der Waals surface area contributed by atoms with Gasteiger partial charge in [-0.3, -0.25) is 20.3 Å². The Morgan fingerprint density at radius 1 is 1.18 bits per heavy atom. The van der Waals surface area contributed by atoms with Crippen LogP contribution in [-0.4, -0.2) is 41.1 Å².